The van der Waals surface area contributed by atoms with Crippen molar-refractivity contribution in [2.24, 2.45) is 0 Å². The van der Waals surface area contributed by atoms with Gasteiger partial charge in [0.25, 0.3) is 0 Å². The lowest BCUT2D eigenvalue weighted by molar-refractivity contribution is -0.137. The van der Waals surface area contributed by atoms with Crippen LogP contribution in [-0.4, -0.2) is 12.5 Å². The van der Waals surface area contributed by atoms with E-state index in [2.05, 4.69) is 10.6 Å². The van der Waals surface area contributed by atoms with Gasteiger partial charge in [-0.25, -0.2) is 0 Å². The zero-order chi connectivity index (χ0) is 17.0. The maximum absolute atomic E-state index is 12.7. The van der Waals surface area contributed by atoms with Crippen LogP contribution in [0.1, 0.15) is 24.3 Å². The molecule has 124 valence electrons. The van der Waals surface area contributed by atoms with Gasteiger partial charge in [-0.2, -0.15) is 13.2 Å². The number of hydrogen-bond acceptors (Lipinski definition) is 3. The maximum atomic E-state index is 12.7. The highest BCUT2D eigenvalue weighted by Crippen LogP contribution is 2.33. The van der Waals surface area contributed by atoms with Crippen LogP contribution in [0.3, 0.4) is 0 Å². The number of halogens is 4. The van der Waals surface area contributed by atoms with E-state index in [0.29, 0.717) is 5.76 Å². The van der Waals surface area contributed by atoms with E-state index in [4.69, 9.17) is 16.0 Å². The van der Waals surface area contributed by atoms with E-state index in [-0.39, 0.29) is 23.3 Å². The van der Waals surface area contributed by atoms with Gasteiger partial charge in [0.2, 0.25) is 5.91 Å². The summed E-state index contributed by atoms with van der Waals surface area (Å²) in [7, 11) is 0. The van der Waals surface area contributed by atoms with Crippen molar-refractivity contribution in [2.45, 2.75) is 19.1 Å². The number of hydrogen-bond donors (Lipinski definition) is 2. The highest BCUT2D eigenvalue weighted by Gasteiger charge is 2.31. The van der Waals surface area contributed by atoms with Crippen molar-refractivity contribution in [3.05, 3.63) is 52.9 Å². The summed E-state index contributed by atoms with van der Waals surface area (Å²) in [6.45, 7) is 1.69. The summed E-state index contributed by atoms with van der Waals surface area (Å²) in [4.78, 5) is 11.9. The number of benzene rings is 1. The fraction of sp³-hybridized carbons (Fsp3) is 0.267. The standard InChI is InChI=1S/C15H14ClF3N2O2/c1-9(13-3-2-6-23-13)20-8-14(22)21-12-7-10(15(17,18)19)4-5-11(12)16/h2-7,9,20H,8H2,1H3,(H,21,22)/t9-/m1/s1. The van der Waals surface area contributed by atoms with Gasteiger partial charge in [-0.05, 0) is 37.3 Å². The number of alkyl halides is 3. The third-order valence-electron chi connectivity index (χ3n) is 3.11. The van der Waals surface area contributed by atoms with Crippen molar-refractivity contribution in [1.82, 2.24) is 5.32 Å². The number of amides is 1. The molecule has 0 saturated heterocycles. The monoisotopic (exact) mass is 346 g/mol. The van der Waals surface area contributed by atoms with Crippen molar-refractivity contribution in [3.63, 3.8) is 0 Å². The molecule has 0 radical (unpaired) electrons. The molecule has 1 heterocycles. The molecule has 2 rings (SSSR count). The number of furan rings is 1. The fourth-order valence-corrected chi connectivity index (χ4v) is 2.04. The van der Waals surface area contributed by atoms with Crippen molar-refractivity contribution >= 4 is 23.2 Å². The lowest BCUT2D eigenvalue weighted by Crippen LogP contribution is -2.30. The Morgan fingerprint density at radius 3 is 2.70 bits per heavy atom. The van der Waals surface area contributed by atoms with Crippen molar-refractivity contribution in [3.8, 4) is 0 Å². The van der Waals surface area contributed by atoms with Crippen molar-refractivity contribution in [2.75, 3.05) is 11.9 Å². The Morgan fingerprint density at radius 1 is 1.35 bits per heavy atom. The topological polar surface area (TPSA) is 54.3 Å². The summed E-state index contributed by atoms with van der Waals surface area (Å²) in [5.74, 6) is 0.138. The minimum atomic E-state index is -4.50. The molecule has 1 amide bonds. The first-order valence-electron chi connectivity index (χ1n) is 6.71. The SMILES string of the molecule is C[C@@H](NCC(=O)Nc1cc(C(F)(F)F)ccc1Cl)c1ccco1. The molecule has 1 aromatic heterocycles. The van der Waals surface area contributed by atoms with Gasteiger partial charge in [0.05, 0.1) is 35.1 Å². The van der Waals surface area contributed by atoms with Crippen LogP contribution in [0.2, 0.25) is 5.02 Å². The fourth-order valence-electron chi connectivity index (χ4n) is 1.88. The highest BCUT2D eigenvalue weighted by atomic mass is 35.5. The van der Waals surface area contributed by atoms with E-state index in [9.17, 15) is 18.0 Å². The Balaban J connectivity index is 1.97. The van der Waals surface area contributed by atoms with Crippen LogP contribution in [0.25, 0.3) is 0 Å². The zero-order valence-electron chi connectivity index (χ0n) is 12.1. The Kier molecular flexibility index (Phi) is 5.33. The molecule has 2 N–H and O–H groups in total. The third kappa shape index (κ3) is 4.74. The summed E-state index contributed by atoms with van der Waals surface area (Å²) in [5.41, 5.74) is -0.965. The molecular formula is C15H14ClF3N2O2. The lowest BCUT2D eigenvalue weighted by Gasteiger charge is -2.13. The predicted octanol–water partition coefficient (Wildman–Crippen LogP) is 4.24. The zero-order valence-corrected chi connectivity index (χ0v) is 12.8. The molecule has 0 spiro atoms. The van der Waals surface area contributed by atoms with Gasteiger partial charge >= 0.3 is 6.18 Å². The number of rotatable bonds is 5. The first-order valence-corrected chi connectivity index (χ1v) is 7.08. The number of anilines is 1. The molecule has 1 aromatic carbocycles. The van der Waals surface area contributed by atoms with Crippen LogP contribution in [0, 0.1) is 0 Å². The summed E-state index contributed by atoms with van der Waals surface area (Å²) >= 11 is 5.82. The van der Waals surface area contributed by atoms with Crippen LogP contribution in [-0.2, 0) is 11.0 Å². The quantitative estimate of drug-likeness (QED) is 0.851. The minimum Gasteiger partial charge on any atom is -0.468 e. The molecule has 0 aliphatic carbocycles. The van der Waals surface area contributed by atoms with Gasteiger partial charge in [0, 0.05) is 0 Å². The molecule has 0 saturated carbocycles. The summed E-state index contributed by atoms with van der Waals surface area (Å²) < 4.78 is 43.2. The Morgan fingerprint density at radius 2 is 2.09 bits per heavy atom. The maximum Gasteiger partial charge on any atom is 0.416 e. The molecule has 4 nitrogen and oxygen atoms in total. The van der Waals surface area contributed by atoms with E-state index in [1.54, 1.807) is 19.1 Å². The van der Waals surface area contributed by atoms with E-state index >= 15 is 0 Å². The molecule has 0 fully saturated rings. The van der Waals surface area contributed by atoms with Crippen LogP contribution in [0.15, 0.2) is 41.0 Å². The smallest absolute Gasteiger partial charge is 0.416 e. The molecule has 0 aliphatic heterocycles. The summed E-state index contributed by atoms with van der Waals surface area (Å²) in [5, 5.41) is 5.29. The first-order chi connectivity index (χ1) is 10.8. The molecule has 0 aliphatic rings. The molecule has 8 heteroatoms. The molecule has 23 heavy (non-hydrogen) atoms. The van der Waals surface area contributed by atoms with Gasteiger partial charge in [-0.1, -0.05) is 11.6 Å². The van der Waals surface area contributed by atoms with Crippen LogP contribution in [0.5, 0.6) is 0 Å². The van der Waals surface area contributed by atoms with E-state index in [0.717, 1.165) is 18.2 Å². The molecule has 2 aromatic rings. The number of nitrogens with one attached hydrogen (secondary N) is 2. The molecule has 0 unspecified atom stereocenters. The normalized spacial score (nSPS) is 12.9. The van der Waals surface area contributed by atoms with Gasteiger partial charge in [-0.15, -0.1) is 0 Å². The lowest BCUT2D eigenvalue weighted by atomic mass is 10.2. The highest BCUT2D eigenvalue weighted by molar-refractivity contribution is 6.33. The van der Waals surface area contributed by atoms with Gasteiger partial charge in [0.15, 0.2) is 0 Å². The second-order valence-corrected chi connectivity index (χ2v) is 5.27. The molecule has 1 atom stereocenters. The second-order valence-electron chi connectivity index (χ2n) is 4.86. The van der Waals surface area contributed by atoms with Crippen molar-refractivity contribution < 1.29 is 22.4 Å². The first kappa shape index (κ1) is 17.4. The third-order valence-corrected chi connectivity index (χ3v) is 3.44. The Labute approximate surface area is 135 Å². The largest absolute Gasteiger partial charge is 0.468 e. The van der Waals surface area contributed by atoms with Crippen LogP contribution < -0.4 is 10.6 Å². The van der Waals surface area contributed by atoms with E-state index < -0.39 is 17.6 Å². The predicted molar refractivity (Wildman–Crippen MR) is 80.2 cm³/mol. The number of carbonyl (C=O) groups excluding carboxylic acids is 1. The van der Waals surface area contributed by atoms with Gasteiger partial charge in [-0.3, -0.25) is 10.1 Å². The minimum absolute atomic E-state index is 0.0328. The van der Waals surface area contributed by atoms with E-state index in [1.807, 2.05) is 0 Å². The summed E-state index contributed by atoms with van der Waals surface area (Å²) in [6, 6.07) is 6.01. The summed E-state index contributed by atoms with van der Waals surface area (Å²) in [6.07, 6.45) is -2.99. The van der Waals surface area contributed by atoms with Crippen LogP contribution >= 0.6 is 11.6 Å². The average molecular weight is 347 g/mol. The average Bonchev–Trinajstić information content (AvgIpc) is 3.00. The van der Waals surface area contributed by atoms with Crippen LogP contribution in [0.4, 0.5) is 18.9 Å². The van der Waals surface area contributed by atoms with E-state index in [1.165, 1.54) is 6.26 Å². The Bertz CT molecular complexity index is 672. The molecule has 0 bridgehead atoms. The van der Waals surface area contributed by atoms with Gasteiger partial charge < -0.3 is 9.73 Å². The number of carbonyl (C=O) groups is 1. The van der Waals surface area contributed by atoms with Gasteiger partial charge in [0.1, 0.15) is 5.76 Å². The Hall–Kier alpha value is -1.99. The second kappa shape index (κ2) is 7.06. The molecular weight excluding hydrogens is 333 g/mol. The van der Waals surface area contributed by atoms with Crippen molar-refractivity contribution in [1.29, 1.82) is 0 Å².